The van der Waals surface area contributed by atoms with Crippen LogP contribution in [-0.2, 0) is 11.2 Å². The van der Waals surface area contributed by atoms with Gasteiger partial charge in [-0.2, -0.15) is 0 Å². The van der Waals surface area contributed by atoms with E-state index in [1.54, 1.807) is 12.5 Å². The van der Waals surface area contributed by atoms with E-state index in [0.29, 0.717) is 12.0 Å². The van der Waals surface area contributed by atoms with E-state index in [0.717, 1.165) is 63.3 Å². The van der Waals surface area contributed by atoms with Gasteiger partial charge in [0.15, 0.2) is 0 Å². The summed E-state index contributed by atoms with van der Waals surface area (Å²) in [4.78, 5) is 40.5. The lowest BCUT2D eigenvalue weighted by Gasteiger charge is -2.47. The first-order valence-corrected chi connectivity index (χ1v) is 10.0. The second kappa shape index (κ2) is 7.73. The number of nitrogens with zero attached hydrogens (tertiary/aromatic N) is 4. The van der Waals surface area contributed by atoms with Crippen molar-refractivity contribution in [3.63, 3.8) is 0 Å². The van der Waals surface area contributed by atoms with Crippen molar-refractivity contribution in [2.24, 2.45) is 5.41 Å². The third kappa shape index (κ3) is 3.93. The molecular formula is C21H27N5O2. The molecule has 4 rings (SSSR count). The summed E-state index contributed by atoms with van der Waals surface area (Å²) in [6.07, 6.45) is 9.39. The van der Waals surface area contributed by atoms with Crippen molar-refractivity contribution in [3.05, 3.63) is 47.8 Å². The highest BCUT2D eigenvalue weighted by Crippen LogP contribution is 2.40. The van der Waals surface area contributed by atoms with Crippen LogP contribution in [0.1, 0.15) is 47.4 Å². The Bertz CT molecular complexity index is 823. The number of hydrogen-bond donors (Lipinski definition) is 1. The number of H-pyrrole nitrogens is 1. The van der Waals surface area contributed by atoms with E-state index >= 15 is 0 Å². The van der Waals surface area contributed by atoms with Gasteiger partial charge in [-0.3, -0.25) is 14.6 Å². The average Bonchev–Trinajstić information content (AvgIpc) is 3.23. The van der Waals surface area contributed by atoms with E-state index in [4.69, 9.17) is 0 Å². The molecule has 2 aliphatic rings. The summed E-state index contributed by atoms with van der Waals surface area (Å²) in [6, 6.07) is 3.73. The lowest BCUT2D eigenvalue weighted by atomic mass is 9.72. The Kier molecular flexibility index (Phi) is 5.15. The molecule has 0 atom stereocenters. The van der Waals surface area contributed by atoms with Gasteiger partial charge in [0.1, 0.15) is 0 Å². The van der Waals surface area contributed by atoms with E-state index in [1.807, 2.05) is 35.1 Å². The smallest absolute Gasteiger partial charge is 0.255 e. The zero-order chi connectivity index (χ0) is 19.6. The maximum atomic E-state index is 12.7. The molecule has 0 bridgehead atoms. The molecule has 28 heavy (non-hydrogen) atoms. The molecule has 2 fully saturated rings. The number of hydrogen-bond acceptors (Lipinski definition) is 4. The highest BCUT2D eigenvalue weighted by Gasteiger charge is 2.41. The number of pyridine rings is 1. The predicted octanol–water partition coefficient (Wildman–Crippen LogP) is 2.20. The number of aromatic amines is 1. The van der Waals surface area contributed by atoms with E-state index < -0.39 is 0 Å². The quantitative estimate of drug-likeness (QED) is 0.880. The van der Waals surface area contributed by atoms with Gasteiger partial charge in [0, 0.05) is 62.8 Å². The van der Waals surface area contributed by atoms with Gasteiger partial charge < -0.3 is 14.8 Å². The number of carbonyl (C=O) groups excluding carboxylic acids is 2. The van der Waals surface area contributed by atoms with Gasteiger partial charge in [0.05, 0.1) is 11.9 Å². The Morgan fingerprint density at radius 1 is 1.21 bits per heavy atom. The van der Waals surface area contributed by atoms with Crippen LogP contribution >= 0.6 is 0 Å². The molecule has 0 saturated carbocycles. The van der Waals surface area contributed by atoms with Crippen molar-refractivity contribution in [2.75, 3.05) is 26.2 Å². The van der Waals surface area contributed by atoms with Gasteiger partial charge in [-0.15, -0.1) is 0 Å². The molecule has 2 aromatic heterocycles. The van der Waals surface area contributed by atoms with Gasteiger partial charge in [-0.25, -0.2) is 4.98 Å². The van der Waals surface area contributed by atoms with Crippen LogP contribution in [0.2, 0.25) is 0 Å². The standard InChI is InChI=1S/C21H27N5O2/c1-16-2-3-17(12-23-16)20(28)25-10-7-21(8-11-25)6-4-19(27)26(14-21)9-5-18-13-22-15-24-18/h2-3,12-13,15H,4-11,14H2,1H3,(H,22,24). The number of amides is 2. The minimum absolute atomic E-state index is 0.0605. The summed E-state index contributed by atoms with van der Waals surface area (Å²) >= 11 is 0. The normalized spacial score (nSPS) is 19.2. The van der Waals surface area contributed by atoms with Crippen LogP contribution in [0.25, 0.3) is 0 Å². The fraction of sp³-hybridized carbons (Fsp3) is 0.524. The number of nitrogens with one attached hydrogen (secondary N) is 1. The molecule has 2 saturated heterocycles. The number of imidazole rings is 1. The number of aromatic nitrogens is 3. The molecule has 4 heterocycles. The molecular weight excluding hydrogens is 354 g/mol. The van der Waals surface area contributed by atoms with Crippen molar-refractivity contribution in [1.82, 2.24) is 24.8 Å². The maximum absolute atomic E-state index is 12.7. The van der Waals surface area contributed by atoms with Crippen LogP contribution in [0.3, 0.4) is 0 Å². The van der Waals surface area contributed by atoms with Crippen LogP contribution in [0.15, 0.2) is 30.9 Å². The van der Waals surface area contributed by atoms with E-state index in [-0.39, 0.29) is 17.2 Å². The molecule has 148 valence electrons. The molecule has 0 aliphatic carbocycles. The summed E-state index contributed by atoms with van der Waals surface area (Å²) in [5, 5.41) is 0. The first-order valence-electron chi connectivity index (χ1n) is 10.0. The third-order valence-corrected chi connectivity index (χ3v) is 6.22. The summed E-state index contributed by atoms with van der Waals surface area (Å²) < 4.78 is 0. The average molecular weight is 381 g/mol. The van der Waals surface area contributed by atoms with E-state index in [1.165, 1.54) is 0 Å². The van der Waals surface area contributed by atoms with E-state index in [9.17, 15) is 9.59 Å². The minimum Gasteiger partial charge on any atom is -0.348 e. The minimum atomic E-state index is 0.0605. The molecule has 2 aromatic rings. The Morgan fingerprint density at radius 2 is 2.04 bits per heavy atom. The SMILES string of the molecule is Cc1ccc(C(=O)N2CCC3(CCC(=O)N(CCc4cnc[nH]4)C3)CC2)cn1. The van der Waals surface area contributed by atoms with Crippen molar-refractivity contribution >= 4 is 11.8 Å². The van der Waals surface area contributed by atoms with Gasteiger partial charge in [-0.05, 0) is 43.7 Å². The first-order chi connectivity index (χ1) is 13.5. The zero-order valence-corrected chi connectivity index (χ0v) is 16.4. The summed E-state index contributed by atoms with van der Waals surface area (Å²) in [7, 11) is 0. The molecule has 1 spiro atoms. The van der Waals surface area contributed by atoms with Gasteiger partial charge in [0.2, 0.25) is 5.91 Å². The van der Waals surface area contributed by atoms with Crippen LogP contribution < -0.4 is 0 Å². The zero-order valence-electron chi connectivity index (χ0n) is 16.4. The topological polar surface area (TPSA) is 82.2 Å². The second-order valence-corrected chi connectivity index (χ2v) is 8.12. The third-order valence-electron chi connectivity index (χ3n) is 6.22. The Hall–Kier alpha value is -2.70. The number of carbonyl (C=O) groups is 2. The van der Waals surface area contributed by atoms with Gasteiger partial charge in [-0.1, -0.05) is 0 Å². The monoisotopic (exact) mass is 381 g/mol. The molecule has 2 aliphatic heterocycles. The number of piperidine rings is 2. The van der Waals surface area contributed by atoms with Crippen molar-refractivity contribution in [2.45, 2.75) is 39.0 Å². The molecule has 2 amide bonds. The lowest BCUT2D eigenvalue weighted by molar-refractivity contribution is -0.138. The van der Waals surface area contributed by atoms with Crippen LogP contribution in [0.4, 0.5) is 0 Å². The Morgan fingerprint density at radius 3 is 2.71 bits per heavy atom. The highest BCUT2D eigenvalue weighted by atomic mass is 16.2. The predicted molar refractivity (Wildman–Crippen MR) is 105 cm³/mol. The number of rotatable bonds is 4. The molecule has 0 radical (unpaired) electrons. The van der Waals surface area contributed by atoms with Crippen LogP contribution in [-0.4, -0.2) is 62.7 Å². The number of likely N-dealkylation sites (tertiary alicyclic amines) is 2. The summed E-state index contributed by atoms with van der Waals surface area (Å²) in [6.45, 7) is 4.93. The molecule has 7 nitrogen and oxygen atoms in total. The van der Waals surface area contributed by atoms with Crippen LogP contribution in [0.5, 0.6) is 0 Å². The Labute approximate surface area is 165 Å². The fourth-order valence-corrected chi connectivity index (χ4v) is 4.35. The fourth-order valence-electron chi connectivity index (χ4n) is 4.35. The van der Waals surface area contributed by atoms with Crippen LogP contribution in [0, 0.1) is 12.3 Å². The van der Waals surface area contributed by atoms with E-state index in [2.05, 4.69) is 15.0 Å². The second-order valence-electron chi connectivity index (χ2n) is 8.12. The highest BCUT2D eigenvalue weighted by molar-refractivity contribution is 5.94. The van der Waals surface area contributed by atoms with Crippen molar-refractivity contribution < 1.29 is 9.59 Å². The summed E-state index contributed by atoms with van der Waals surface area (Å²) in [5.41, 5.74) is 2.77. The van der Waals surface area contributed by atoms with Gasteiger partial charge in [0.25, 0.3) is 5.91 Å². The largest absolute Gasteiger partial charge is 0.348 e. The lowest BCUT2D eigenvalue weighted by Crippen LogP contribution is -2.52. The molecule has 0 aromatic carbocycles. The number of aryl methyl sites for hydroxylation is 1. The molecule has 0 unspecified atom stereocenters. The maximum Gasteiger partial charge on any atom is 0.255 e. The molecule has 7 heteroatoms. The van der Waals surface area contributed by atoms with Gasteiger partial charge >= 0.3 is 0 Å². The summed E-state index contributed by atoms with van der Waals surface area (Å²) in [5.74, 6) is 0.305. The van der Waals surface area contributed by atoms with Crippen molar-refractivity contribution in [1.29, 1.82) is 0 Å². The Balaban J connectivity index is 1.35. The first kappa shape index (κ1) is 18.7. The van der Waals surface area contributed by atoms with Crippen molar-refractivity contribution in [3.8, 4) is 0 Å². The molecule has 1 N–H and O–H groups in total.